The van der Waals surface area contributed by atoms with Gasteiger partial charge < -0.3 is 10.1 Å². The maximum absolute atomic E-state index is 12.6. The fraction of sp³-hybridized carbons (Fsp3) is 0.435. The molecule has 2 aromatic heterocycles. The second kappa shape index (κ2) is 11.1. The minimum Gasteiger partial charge on any atom is -0.462 e. The van der Waals surface area contributed by atoms with Crippen molar-refractivity contribution >= 4 is 40.0 Å². The minimum absolute atomic E-state index is 0.0387. The molecule has 32 heavy (non-hydrogen) atoms. The molecule has 1 aliphatic carbocycles. The summed E-state index contributed by atoms with van der Waals surface area (Å²) in [5, 5.41) is 22.6. The first-order valence-electron chi connectivity index (χ1n) is 10.5. The zero-order valence-electron chi connectivity index (χ0n) is 18.1. The van der Waals surface area contributed by atoms with Crippen molar-refractivity contribution in [2.75, 3.05) is 17.7 Å². The normalized spacial score (nSPS) is 13.1. The highest BCUT2D eigenvalue weighted by Gasteiger charge is 2.22. The molecule has 0 bridgehead atoms. The molecule has 0 aliphatic heterocycles. The zero-order chi connectivity index (χ0) is 23.1. The number of carbonyl (C=O) groups is 2. The fourth-order valence-electron chi connectivity index (χ4n) is 3.58. The zero-order valence-corrected chi connectivity index (χ0v) is 19.8. The van der Waals surface area contributed by atoms with Crippen molar-refractivity contribution in [3.05, 3.63) is 38.9 Å². The smallest absolute Gasteiger partial charge is 0.348 e. The molecule has 7 nitrogen and oxygen atoms in total. The number of nitrogens with one attached hydrogen (secondary N) is 1. The first-order valence-corrected chi connectivity index (χ1v) is 12.3. The highest BCUT2D eigenvalue weighted by atomic mass is 32.2. The summed E-state index contributed by atoms with van der Waals surface area (Å²) in [6.07, 6.45) is 6.37. The van der Waals surface area contributed by atoms with Gasteiger partial charge in [0.15, 0.2) is 0 Å². The average molecular weight is 469 g/mol. The number of anilines is 1. The van der Waals surface area contributed by atoms with Gasteiger partial charge in [-0.25, -0.2) is 9.78 Å². The third-order valence-electron chi connectivity index (χ3n) is 5.20. The number of pyridine rings is 1. The molecule has 1 aliphatic rings. The highest BCUT2D eigenvalue weighted by molar-refractivity contribution is 8.00. The maximum atomic E-state index is 12.6. The molecule has 0 fully saturated rings. The Morgan fingerprint density at radius 2 is 1.97 bits per heavy atom. The Labute approximate surface area is 195 Å². The Hall–Kier alpha value is -2.88. The number of aryl methyl sites for hydroxylation is 2. The van der Waals surface area contributed by atoms with Gasteiger partial charge in [0.1, 0.15) is 27.0 Å². The Bertz CT molecular complexity index is 1110. The Morgan fingerprint density at radius 1 is 1.22 bits per heavy atom. The van der Waals surface area contributed by atoms with Crippen molar-refractivity contribution in [2.45, 2.75) is 57.4 Å². The molecule has 2 aromatic rings. The van der Waals surface area contributed by atoms with Gasteiger partial charge in [-0.3, -0.25) is 4.79 Å². The number of hydrogen-bond acceptors (Lipinski definition) is 8. The van der Waals surface area contributed by atoms with Gasteiger partial charge in [-0.1, -0.05) is 24.6 Å². The van der Waals surface area contributed by atoms with Crippen LogP contribution in [0, 0.1) is 29.6 Å². The van der Waals surface area contributed by atoms with E-state index in [1.54, 1.807) is 13.8 Å². The van der Waals surface area contributed by atoms with Gasteiger partial charge in [-0.15, -0.1) is 11.3 Å². The van der Waals surface area contributed by atoms with Crippen LogP contribution in [-0.4, -0.2) is 29.2 Å². The van der Waals surface area contributed by atoms with Gasteiger partial charge in [0.05, 0.1) is 23.5 Å². The number of esters is 1. The van der Waals surface area contributed by atoms with E-state index in [1.165, 1.54) is 24.6 Å². The summed E-state index contributed by atoms with van der Waals surface area (Å²) < 4.78 is 5.03. The second-order valence-corrected chi connectivity index (χ2v) is 9.39. The van der Waals surface area contributed by atoms with Crippen molar-refractivity contribution in [1.29, 1.82) is 10.5 Å². The minimum atomic E-state index is -0.509. The molecule has 2 heterocycles. The number of thioether (sulfide) groups is 1. The number of aromatic nitrogens is 1. The highest BCUT2D eigenvalue weighted by Crippen LogP contribution is 2.33. The van der Waals surface area contributed by atoms with Gasteiger partial charge in [-0.05, 0) is 56.7 Å². The first-order chi connectivity index (χ1) is 15.5. The van der Waals surface area contributed by atoms with E-state index in [4.69, 9.17) is 9.72 Å². The standard InChI is InChI=1S/C23H24N4O3S2/c1-3-30-23(29)20-14(2)17(12-25)22(32-20)27-19(28)13-31-21-16(11-24)10-15-8-6-4-5-7-9-18(15)26-21/h10H,3-9,13H2,1-2H3,(H,27,28). The topological polar surface area (TPSA) is 116 Å². The van der Waals surface area contributed by atoms with Gasteiger partial charge in [0.25, 0.3) is 0 Å². The number of nitriles is 2. The van der Waals surface area contributed by atoms with Crippen LogP contribution in [0.3, 0.4) is 0 Å². The van der Waals surface area contributed by atoms with E-state index < -0.39 is 5.97 Å². The van der Waals surface area contributed by atoms with E-state index in [2.05, 4.69) is 11.4 Å². The van der Waals surface area contributed by atoms with E-state index in [-0.39, 0.29) is 23.8 Å². The lowest BCUT2D eigenvalue weighted by Crippen LogP contribution is -2.14. The van der Waals surface area contributed by atoms with Gasteiger partial charge in [0, 0.05) is 5.69 Å². The Kier molecular flexibility index (Phi) is 8.26. The van der Waals surface area contributed by atoms with Crippen LogP contribution in [0.25, 0.3) is 0 Å². The predicted octanol–water partition coefficient (Wildman–Crippen LogP) is 4.76. The molecule has 0 unspecified atom stereocenters. The van der Waals surface area contributed by atoms with Crippen molar-refractivity contribution in [3.63, 3.8) is 0 Å². The summed E-state index contributed by atoms with van der Waals surface area (Å²) in [4.78, 5) is 29.7. The predicted molar refractivity (Wildman–Crippen MR) is 124 cm³/mol. The third kappa shape index (κ3) is 5.48. The van der Waals surface area contributed by atoms with Crippen LogP contribution in [0.1, 0.15) is 70.2 Å². The summed E-state index contributed by atoms with van der Waals surface area (Å²) in [7, 11) is 0. The second-order valence-electron chi connectivity index (χ2n) is 7.40. The number of ether oxygens (including phenoxy) is 1. The monoisotopic (exact) mass is 468 g/mol. The summed E-state index contributed by atoms with van der Waals surface area (Å²) in [5.74, 6) is -0.803. The van der Waals surface area contributed by atoms with Crippen molar-refractivity contribution in [1.82, 2.24) is 4.98 Å². The number of rotatable bonds is 6. The molecular weight excluding hydrogens is 444 g/mol. The van der Waals surface area contributed by atoms with E-state index in [0.29, 0.717) is 26.0 Å². The number of fused-ring (bicyclic) bond motifs is 1. The molecule has 0 saturated heterocycles. The van der Waals surface area contributed by atoms with Crippen LogP contribution in [0.5, 0.6) is 0 Å². The summed E-state index contributed by atoms with van der Waals surface area (Å²) >= 11 is 2.24. The number of nitrogens with zero attached hydrogens (tertiary/aromatic N) is 3. The molecule has 0 aromatic carbocycles. The molecule has 0 radical (unpaired) electrons. The van der Waals surface area contributed by atoms with Crippen molar-refractivity contribution in [3.8, 4) is 12.1 Å². The van der Waals surface area contributed by atoms with Gasteiger partial charge >= 0.3 is 5.97 Å². The largest absolute Gasteiger partial charge is 0.462 e. The van der Waals surface area contributed by atoms with Gasteiger partial charge in [-0.2, -0.15) is 10.5 Å². The molecule has 9 heteroatoms. The van der Waals surface area contributed by atoms with Crippen LogP contribution < -0.4 is 5.32 Å². The Morgan fingerprint density at radius 3 is 2.66 bits per heavy atom. The molecule has 1 amide bonds. The third-order valence-corrected chi connectivity index (χ3v) is 7.38. The summed E-state index contributed by atoms with van der Waals surface area (Å²) in [6.45, 7) is 3.59. The van der Waals surface area contributed by atoms with Crippen LogP contribution >= 0.6 is 23.1 Å². The van der Waals surface area contributed by atoms with Crippen molar-refractivity contribution < 1.29 is 14.3 Å². The molecule has 166 valence electrons. The number of carbonyl (C=O) groups excluding carboxylic acids is 2. The summed E-state index contributed by atoms with van der Waals surface area (Å²) in [6, 6.07) is 6.16. The fourth-order valence-corrected chi connectivity index (χ4v) is 5.42. The first kappa shape index (κ1) is 23.8. The number of amides is 1. The van der Waals surface area contributed by atoms with E-state index in [9.17, 15) is 20.1 Å². The molecule has 3 rings (SSSR count). The maximum Gasteiger partial charge on any atom is 0.348 e. The Balaban J connectivity index is 1.73. The van der Waals surface area contributed by atoms with Crippen LogP contribution in [0.4, 0.5) is 5.00 Å². The van der Waals surface area contributed by atoms with Crippen LogP contribution in [0.2, 0.25) is 0 Å². The molecule has 0 spiro atoms. The quantitative estimate of drug-likeness (QED) is 0.480. The summed E-state index contributed by atoms with van der Waals surface area (Å²) in [5.41, 5.74) is 3.39. The average Bonchev–Trinajstić information content (AvgIpc) is 3.07. The molecule has 0 atom stereocenters. The van der Waals surface area contributed by atoms with Gasteiger partial charge in [0.2, 0.25) is 5.91 Å². The lowest BCUT2D eigenvalue weighted by molar-refractivity contribution is -0.113. The van der Waals surface area contributed by atoms with E-state index >= 15 is 0 Å². The van der Waals surface area contributed by atoms with Crippen molar-refractivity contribution in [2.24, 2.45) is 0 Å². The molecule has 1 N–H and O–H groups in total. The number of hydrogen-bond donors (Lipinski definition) is 1. The van der Waals surface area contributed by atoms with Crippen LogP contribution in [0.15, 0.2) is 11.1 Å². The molecular formula is C23H24N4O3S2. The van der Waals surface area contributed by atoms with Crippen LogP contribution in [-0.2, 0) is 22.4 Å². The SMILES string of the molecule is CCOC(=O)c1sc(NC(=O)CSc2nc3c(cc2C#N)CCCCCC3)c(C#N)c1C. The lowest BCUT2D eigenvalue weighted by Gasteiger charge is -2.15. The van der Waals surface area contributed by atoms with E-state index in [1.807, 2.05) is 12.1 Å². The van der Waals surface area contributed by atoms with E-state index in [0.717, 1.165) is 48.3 Å². The molecule has 0 saturated carbocycles. The number of thiophene rings is 1. The lowest BCUT2D eigenvalue weighted by atomic mass is 9.96.